The van der Waals surface area contributed by atoms with Gasteiger partial charge in [0.25, 0.3) is 0 Å². The van der Waals surface area contributed by atoms with Crippen molar-refractivity contribution in [2.75, 3.05) is 6.61 Å². The van der Waals surface area contributed by atoms with E-state index in [0.717, 1.165) is 0 Å². The van der Waals surface area contributed by atoms with Crippen LogP contribution in [0.25, 0.3) is 0 Å². The maximum Gasteiger partial charge on any atom is 0.338 e. The van der Waals surface area contributed by atoms with Crippen LogP contribution in [0.1, 0.15) is 23.2 Å². The molecule has 0 radical (unpaired) electrons. The molecular formula is C13H16O6. The molecule has 0 bridgehead atoms. The van der Waals surface area contributed by atoms with E-state index in [1.165, 1.54) is 0 Å². The summed E-state index contributed by atoms with van der Waals surface area (Å²) < 4.78 is 4.85. The van der Waals surface area contributed by atoms with Gasteiger partial charge in [-0.15, -0.1) is 0 Å². The molecule has 0 amide bonds. The smallest absolute Gasteiger partial charge is 0.338 e. The fourth-order valence-electron chi connectivity index (χ4n) is 1.50. The fourth-order valence-corrected chi connectivity index (χ4v) is 1.50. The number of carbonyl (C=O) groups is 2. The Kier molecular flexibility index (Phi) is 5.98. The minimum Gasteiger partial charge on any atom is -0.481 e. The third-order valence-corrected chi connectivity index (χ3v) is 2.37. The molecule has 6 heteroatoms. The summed E-state index contributed by atoms with van der Waals surface area (Å²) in [5.41, 5.74) is 0.362. The molecule has 0 heterocycles. The van der Waals surface area contributed by atoms with E-state index in [1.54, 1.807) is 30.3 Å². The number of carboxylic acids is 1. The lowest BCUT2D eigenvalue weighted by molar-refractivity contribution is -0.139. The number of esters is 1. The van der Waals surface area contributed by atoms with Gasteiger partial charge in [-0.3, -0.25) is 4.79 Å². The monoisotopic (exact) mass is 268 g/mol. The summed E-state index contributed by atoms with van der Waals surface area (Å²) in [6.45, 7) is -0.287. The van der Waals surface area contributed by atoms with Gasteiger partial charge >= 0.3 is 11.9 Å². The molecule has 0 aliphatic rings. The summed E-state index contributed by atoms with van der Waals surface area (Å²) in [4.78, 5) is 21.8. The Bertz CT molecular complexity index is 416. The Morgan fingerprint density at radius 3 is 2.32 bits per heavy atom. The molecule has 0 aliphatic heterocycles. The summed E-state index contributed by atoms with van der Waals surface area (Å²) in [5, 5.41) is 27.2. The number of aliphatic hydroxyl groups excluding tert-OH is 2. The second-order valence-corrected chi connectivity index (χ2v) is 4.11. The number of aliphatic hydroxyl groups is 2. The van der Waals surface area contributed by atoms with Crippen molar-refractivity contribution in [2.24, 2.45) is 0 Å². The van der Waals surface area contributed by atoms with Gasteiger partial charge in [-0.05, 0) is 12.1 Å². The first-order valence-corrected chi connectivity index (χ1v) is 5.79. The molecule has 0 unspecified atom stereocenters. The van der Waals surface area contributed by atoms with Gasteiger partial charge in [0.2, 0.25) is 0 Å². The molecule has 0 aromatic heterocycles. The highest BCUT2D eigenvalue weighted by atomic mass is 16.5. The minimum atomic E-state index is -1.16. The van der Waals surface area contributed by atoms with Crippen LogP contribution in [0, 0.1) is 0 Å². The Hall–Kier alpha value is -1.92. The average Bonchev–Trinajstić information content (AvgIpc) is 2.36. The van der Waals surface area contributed by atoms with Crippen LogP contribution >= 0.6 is 0 Å². The standard InChI is InChI=1S/C13H16O6/c14-10(7-12(16)17)6-11(15)8-19-13(18)9-4-2-1-3-5-9/h1-5,10-11,14-15H,6-8H2,(H,16,17)/t10-,11+/m1/s1. The van der Waals surface area contributed by atoms with E-state index in [2.05, 4.69) is 0 Å². The molecule has 104 valence electrons. The van der Waals surface area contributed by atoms with Crippen molar-refractivity contribution in [3.8, 4) is 0 Å². The lowest BCUT2D eigenvalue weighted by Gasteiger charge is -2.14. The number of hydrogen-bond donors (Lipinski definition) is 3. The van der Waals surface area contributed by atoms with Crippen molar-refractivity contribution in [3.05, 3.63) is 35.9 Å². The van der Waals surface area contributed by atoms with E-state index < -0.39 is 30.6 Å². The molecule has 2 atom stereocenters. The number of aliphatic carboxylic acids is 1. The van der Waals surface area contributed by atoms with Gasteiger partial charge < -0.3 is 20.1 Å². The first-order valence-electron chi connectivity index (χ1n) is 5.79. The average molecular weight is 268 g/mol. The molecule has 19 heavy (non-hydrogen) atoms. The Balaban J connectivity index is 2.32. The second kappa shape index (κ2) is 7.50. The van der Waals surface area contributed by atoms with Gasteiger partial charge in [-0.1, -0.05) is 18.2 Å². The second-order valence-electron chi connectivity index (χ2n) is 4.11. The van der Waals surface area contributed by atoms with Crippen molar-refractivity contribution >= 4 is 11.9 Å². The molecule has 0 spiro atoms. The highest BCUT2D eigenvalue weighted by molar-refractivity contribution is 5.89. The predicted octanol–water partition coefficient (Wildman–Crippen LogP) is 0.430. The number of carboxylic acid groups (broad SMARTS) is 1. The van der Waals surface area contributed by atoms with E-state index >= 15 is 0 Å². The Morgan fingerprint density at radius 1 is 1.11 bits per heavy atom. The van der Waals surface area contributed by atoms with Crippen LogP contribution in [0.2, 0.25) is 0 Å². The van der Waals surface area contributed by atoms with E-state index in [0.29, 0.717) is 5.56 Å². The van der Waals surface area contributed by atoms with E-state index in [-0.39, 0.29) is 13.0 Å². The Labute approximate surface area is 110 Å². The summed E-state index contributed by atoms with van der Waals surface area (Å²) in [6.07, 6.45) is -2.87. The van der Waals surface area contributed by atoms with Crippen LogP contribution in [0.15, 0.2) is 30.3 Å². The molecule has 0 saturated heterocycles. The van der Waals surface area contributed by atoms with Crippen LogP contribution in [0.3, 0.4) is 0 Å². The van der Waals surface area contributed by atoms with Crippen molar-refractivity contribution in [1.29, 1.82) is 0 Å². The van der Waals surface area contributed by atoms with Crippen LogP contribution in [-0.2, 0) is 9.53 Å². The normalized spacial score (nSPS) is 13.6. The number of carbonyl (C=O) groups excluding carboxylic acids is 1. The zero-order valence-corrected chi connectivity index (χ0v) is 10.2. The largest absolute Gasteiger partial charge is 0.481 e. The third-order valence-electron chi connectivity index (χ3n) is 2.37. The maximum absolute atomic E-state index is 11.5. The lowest BCUT2D eigenvalue weighted by Crippen LogP contribution is -2.25. The molecule has 3 N–H and O–H groups in total. The van der Waals surface area contributed by atoms with Gasteiger partial charge in [-0.25, -0.2) is 4.79 Å². The van der Waals surface area contributed by atoms with Crippen molar-refractivity contribution < 1.29 is 29.6 Å². The molecule has 1 rings (SSSR count). The van der Waals surface area contributed by atoms with E-state index in [4.69, 9.17) is 9.84 Å². The quantitative estimate of drug-likeness (QED) is 0.619. The van der Waals surface area contributed by atoms with Crippen LogP contribution in [0.4, 0.5) is 0 Å². The predicted molar refractivity (Wildman–Crippen MR) is 65.6 cm³/mol. The maximum atomic E-state index is 11.5. The molecule has 1 aromatic carbocycles. The number of rotatable bonds is 7. The van der Waals surface area contributed by atoms with Crippen molar-refractivity contribution in [3.63, 3.8) is 0 Å². The highest BCUT2D eigenvalue weighted by Crippen LogP contribution is 2.06. The van der Waals surface area contributed by atoms with Gasteiger partial charge in [-0.2, -0.15) is 0 Å². The lowest BCUT2D eigenvalue weighted by atomic mass is 10.1. The molecule has 0 aliphatic carbocycles. The van der Waals surface area contributed by atoms with Crippen LogP contribution < -0.4 is 0 Å². The Morgan fingerprint density at radius 2 is 1.74 bits per heavy atom. The molecular weight excluding hydrogens is 252 g/mol. The number of hydrogen-bond acceptors (Lipinski definition) is 5. The zero-order valence-electron chi connectivity index (χ0n) is 10.2. The summed E-state index contributed by atoms with van der Waals surface area (Å²) in [6, 6.07) is 8.28. The van der Waals surface area contributed by atoms with Gasteiger partial charge in [0.1, 0.15) is 6.61 Å². The van der Waals surface area contributed by atoms with Crippen LogP contribution in [-0.4, -0.2) is 46.1 Å². The fraction of sp³-hybridized carbons (Fsp3) is 0.385. The first kappa shape index (κ1) is 15.1. The molecule has 6 nitrogen and oxygen atoms in total. The molecule has 0 fully saturated rings. The summed E-state index contributed by atoms with van der Waals surface area (Å²) in [5.74, 6) is -1.73. The topological polar surface area (TPSA) is 104 Å². The molecule has 1 aromatic rings. The zero-order chi connectivity index (χ0) is 14.3. The summed E-state index contributed by atoms with van der Waals surface area (Å²) >= 11 is 0. The highest BCUT2D eigenvalue weighted by Gasteiger charge is 2.17. The van der Waals surface area contributed by atoms with Gasteiger partial charge in [0.05, 0.1) is 24.2 Å². The molecule has 0 saturated carbocycles. The third kappa shape index (κ3) is 5.98. The number of benzene rings is 1. The number of ether oxygens (including phenoxy) is 1. The van der Waals surface area contributed by atoms with Gasteiger partial charge in [0.15, 0.2) is 0 Å². The van der Waals surface area contributed by atoms with E-state index in [1.807, 2.05) is 0 Å². The van der Waals surface area contributed by atoms with E-state index in [9.17, 15) is 19.8 Å². The summed E-state index contributed by atoms with van der Waals surface area (Å²) in [7, 11) is 0. The first-order chi connectivity index (χ1) is 8.99. The van der Waals surface area contributed by atoms with Crippen LogP contribution in [0.5, 0.6) is 0 Å². The van der Waals surface area contributed by atoms with Crippen molar-refractivity contribution in [2.45, 2.75) is 25.0 Å². The minimum absolute atomic E-state index is 0.158. The van der Waals surface area contributed by atoms with Crippen molar-refractivity contribution in [1.82, 2.24) is 0 Å². The SMILES string of the molecule is O=C(O)C[C@H](O)C[C@H](O)COC(=O)c1ccccc1. The van der Waals surface area contributed by atoms with Gasteiger partial charge in [0, 0.05) is 6.42 Å².